The number of unbranched alkanes of at least 4 members (excludes halogenated alkanes) is 2. The number of carboxylic acid groups (broad SMARTS) is 1. The molecule has 2 N–H and O–H groups in total. The van der Waals surface area contributed by atoms with E-state index in [2.05, 4.69) is 10.3 Å². The molecule has 0 aliphatic carbocycles. The fraction of sp³-hybridized carbons (Fsp3) is 0.545. The number of nitrogens with zero attached hydrogens (tertiary/aromatic N) is 1. The average molecular weight is 256 g/mol. The molecular formula is C11H16N2O3S. The molecule has 94 valence electrons. The first kappa shape index (κ1) is 13.6. The van der Waals surface area contributed by atoms with Crippen LogP contribution in [0.25, 0.3) is 0 Å². The van der Waals surface area contributed by atoms with E-state index in [9.17, 15) is 9.59 Å². The Morgan fingerprint density at radius 2 is 2.29 bits per heavy atom. The van der Waals surface area contributed by atoms with E-state index >= 15 is 0 Å². The van der Waals surface area contributed by atoms with Crippen LogP contribution in [-0.2, 0) is 4.79 Å². The lowest BCUT2D eigenvalue weighted by atomic mass is 10.1. The predicted molar refractivity (Wildman–Crippen MR) is 65.1 cm³/mol. The summed E-state index contributed by atoms with van der Waals surface area (Å²) in [5.41, 5.74) is 1.82. The van der Waals surface area contributed by atoms with Crippen LogP contribution in [-0.4, -0.2) is 28.0 Å². The number of rotatable bonds is 7. The minimum atomic E-state index is -0.996. The van der Waals surface area contributed by atoms with Crippen LogP contribution < -0.4 is 5.32 Å². The molecule has 0 aliphatic heterocycles. The number of thiazole rings is 1. The highest BCUT2D eigenvalue weighted by Gasteiger charge is 2.20. The summed E-state index contributed by atoms with van der Waals surface area (Å²) >= 11 is 1.31. The molecule has 0 spiro atoms. The molecule has 17 heavy (non-hydrogen) atoms. The molecule has 5 nitrogen and oxygen atoms in total. The fourth-order valence-electron chi connectivity index (χ4n) is 1.41. The topological polar surface area (TPSA) is 79.3 Å². The monoisotopic (exact) mass is 256 g/mol. The van der Waals surface area contributed by atoms with Crippen molar-refractivity contribution in [2.24, 2.45) is 0 Å². The third-order valence-corrected chi connectivity index (χ3v) is 2.95. The van der Waals surface area contributed by atoms with Gasteiger partial charge in [0.2, 0.25) is 0 Å². The van der Waals surface area contributed by atoms with E-state index in [1.807, 2.05) is 6.92 Å². The summed E-state index contributed by atoms with van der Waals surface area (Å²) < 4.78 is 0. The Labute approximate surface area is 104 Å². The number of nitrogens with one attached hydrogen (secondary N) is 1. The van der Waals surface area contributed by atoms with Crippen molar-refractivity contribution in [2.75, 3.05) is 0 Å². The van der Waals surface area contributed by atoms with E-state index in [0.717, 1.165) is 19.3 Å². The highest BCUT2D eigenvalue weighted by molar-refractivity contribution is 7.07. The summed E-state index contributed by atoms with van der Waals surface area (Å²) in [4.78, 5) is 26.4. The molecule has 1 amide bonds. The van der Waals surface area contributed by atoms with Crippen molar-refractivity contribution < 1.29 is 14.7 Å². The van der Waals surface area contributed by atoms with Gasteiger partial charge in [-0.25, -0.2) is 9.78 Å². The molecule has 1 aromatic rings. The molecule has 1 rings (SSSR count). The molecule has 0 bridgehead atoms. The van der Waals surface area contributed by atoms with Crippen LogP contribution >= 0.6 is 11.3 Å². The molecule has 0 radical (unpaired) electrons. The van der Waals surface area contributed by atoms with Crippen molar-refractivity contribution in [3.8, 4) is 0 Å². The van der Waals surface area contributed by atoms with Crippen LogP contribution in [0.15, 0.2) is 10.9 Å². The van der Waals surface area contributed by atoms with Gasteiger partial charge in [-0.15, -0.1) is 11.3 Å². The molecule has 0 fully saturated rings. The molecule has 1 aromatic heterocycles. The van der Waals surface area contributed by atoms with E-state index in [1.54, 1.807) is 10.9 Å². The summed E-state index contributed by atoms with van der Waals surface area (Å²) in [5, 5.41) is 13.1. The van der Waals surface area contributed by atoms with Crippen LogP contribution in [0.2, 0.25) is 0 Å². The number of aromatic nitrogens is 1. The van der Waals surface area contributed by atoms with Crippen LogP contribution in [0.3, 0.4) is 0 Å². The van der Waals surface area contributed by atoms with Crippen molar-refractivity contribution in [1.82, 2.24) is 10.3 Å². The van der Waals surface area contributed by atoms with E-state index in [-0.39, 0.29) is 5.69 Å². The van der Waals surface area contributed by atoms with Gasteiger partial charge in [0, 0.05) is 5.38 Å². The van der Waals surface area contributed by atoms with Gasteiger partial charge in [0.15, 0.2) is 0 Å². The molecule has 0 saturated carbocycles. The van der Waals surface area contributed by atoms with Gasteiger partial charge in [-0.1, -0.05) is 26.2 Å². The maximum Gasteiger partial charge on any atom is 0.326 e. The summed E-state index contributed by atoms with van der Waals surface area (Å²) in [7, 11) is 0. The summed E-state index contributed by atoms with van der Waals surface area (Å²) in [6, 6.07) is -0.823. The average Bonchev–Trinajstić information content (AvgIpc) is 2.81. The zero-order valence-electron chi connectivity index (χ0n) is 9.68. The SMILES string of the molecule is CCCCCC(NC(=O)c1cscn1)C(=O)O. The smallest absolute Gasteiger partial charge is 0.326 e. The Morgan fingerprint density at radius 1 is 1.53 bits per heavy atom. The number of carbonyl (C=O) groups excluding carboxylic acids is 1. The van der Waals surface area contributed by atoms with Crippen LogP contribution in [0.4, 0.5) is 0 Å². The molecular weight excluding hydrogens is 240 g/mol. The van der Waals surface area contributed by atoms with Crippen molar-refractivity contribution in [1.29, 1.82) is 0 Å². The van der Waals surface area contributed by atoms with Gasteiger partial charge in [-0.3, -0.25) is 4.79 Å². The normalized spacial score (nSPS) is 12.1. The highest BCUT2D eigenvalue weighted by Crippen LogP contribution is 2.06. The van der Waals surface area contributed by atoms with Crippen molar-refractivity contribution >= 4 is 23.2 Å². The van der Waals surface area contributed by atoms with E-state index in [0.29, 0.717) is 6.42 Å². The lowest BCUT2D eigenvalue weighted by Crippen LogP contribution is -2.40. The van der Waals surface area contributed by atoms with Gasteiger partial charge in [-0.2, -0.15) is 0 Å². The minimum Gasteiger partial charge on any atom is -0.480 e. The quantitative estimate of drug-likeness (QED) is 0.730. The largest absolute Gasteiger partial charge is 0.480 e. The Bertz CT molecular complexity index is 365. The minimum absolute atomic E-state index is 0.275. The third-order valence-electron chi connectivity index (χ3n) is 2.36. The molecule has 1 unspecified atom stereocenters. The van der Waals surface area contributed by atoms with E-state index in [1.165, 1.54) is 11.3 Å². The zero-order valence-corrected chi connectivity index (χ0v) is 10.5. The van der Waals surface area contributed by atoms with Crippen molar-refractivity contribution in [3.05, 3.63) is 16.6 Å². The Kier molecular flexibility index (Phi) is 5.62. The highest BCUT2D eigenvalue weighted by atomic mass is 32.1. The molecule has 1 heterocycles. The number of carboxylic acids is 1. The van der Waals surface area contributed by atoms with Gasteiger partial charge >= 0.3 is 5.97 Å². The second kappa shape index (κ2) is 7.01. The lowest BCUT2D eigenvalue weighted by Gasteiger charge is -2.13. The molecule has 0 aromatic carbocycles. The summed E-state index contributed by atoms with van der Waals surface area (Å²) in [6.45, 7) is 2.05. The Balaban J connectivity index is 2.49. The number of hydrogen-bond acceptors (Lipinski definition) is 4. The molecule has 0 aliphatic rings. The van der Waals surface area contributed by atoms with Crippen LogP contribution in [0.5, 0.6) is 0 Å². The van der Waals surface area contributed by atoms with Crippen LogP contribution in [0.1, 0.15) is 43.1 Å². The van der Waals surface area contributed by atoms with Gasteiger partial charge in [0.1, 0.15) is 11.7 Å². The first-order chi connectivity index (χ1) is 8.15. The second-order valence-corrected chi connectivity index (χ2v) is 4.45. The summed E-state index contributed by atoms with van der Waals surface area (Å²) in [6.07, 6.45) is 3.24. The Hall–Kier alpha value is -1.43. The first-order valence-corrected chi connectivity index (χ1v) is 6.51. The summed E-state index contributed by atoms with van der Waals surface area (Å²) in [5.74, 6) is -1.42. The maximum atomic E-state index is 11.6. The fourth-order valence-corrected chi connectivity index (χ4v) is 1.94. The van der Waals surface area contributed by atoms with Gasteiger partial charge in [-0.05, 0) is 6.42 Å². The zero-order chi connectivity index (χ0) is 12.7. The lowest BCUT2D eigenvalue weighted by molar-refractivity contribution is -0.139. The van der Waals surface area contributed by atoms with Crippen molar-refractivity contribution in [3.63, 3.8) is 0 Å². The maximum absolute atomic E-state index is 11.6. The number of hydrogen-bond donors (Lipinski definition) is 2. The third kappa shape index (κ3) is 4.52. The van der Waals surface area contributed by atoms with Gasteiger partial charge < -0.3 is 10.4 Å². The first-order valence-electron chi connectivity index (χ1n) is 5.57. The van der Waals surface area contributed by atoms with Gasteiger partial charge in [0.25, 0.3) is 5.91 Å². The van der Waals surface area contributed by atoms with E-state index in [4.69, 9.17) is 5.11 Å². The van der Waals surface area contributed by atoms with Crippen molar-refractivity contribution in [2.45, 2.75) is 38.6 Å². The number of carbonyl (C=O) groups is 2. The second-order valence-electron chi connectivity index (χ2n) is 3.73. The Morgan fingerprint density at radius 3 is 2.82 bits per heavy atom. The number of amides is 1. The van der Waals surface area contributed by atoms with Crippen LogP contribution in [0, 0.1) is 0 Å². The standard InChI is InChI=1S/C11H16N2O3S/c1-2-3-4-5-8(11(15)16)13-10(14)9-6-17-7-12-9/h6-8H,2-5H2,1H3,(H,13,14)(H,15,16). The number of aliphatic carboxylic acids is 1. The van der Waals surface area contributed by atoms with Gasteiger partial charge in [0.05, 0.1) is 5.51 Å². The van der Waals surface area contributed by atoms with E-state index < -0.39 is 17.9 Å². The predicted octanol–water partition coefficient (Wildman–Crippen LogP) is 1.91. The molecule has 0 saturated heterocycles. The molecule has 6 heteroatoms. The molecule has 1 atom stereocenters.